The van der Waals surface area contributed by atoms with Crippen molar-refractivity contribution < 1.29 is 14.3 Å². The van der Waals surface area contributed by atoms with E-state index < -0.39 is 0 Å². The fraction of sp³-hybridized carbons (Fsp3) is 0.250. The molecule has 0 saturated heterocycles. The summed E-state index contributed by atoms with van der Waals surface area (Å²) in [5, 5.41) is 7.39. The van der Waals surface area contributed by atoms with Crippen molar-refractivity contribution in [2.45, 2.75) is 6.92 Å². The predicted octanol–water partition coefficient (Wildman–Crippen LogP) is 1.71. The van der Waals surface area contributed by atoms with Crippen LogP contribution in [0.25, 0.3) is 10.8 Å². The van der Waals surface area contributed by atoms with Crippen molar-refractivity contribution in [3.8, 4) is 5.75 Å². The fourth-order valence-electron chi connectivity index (χ4n) is 2.01. The highest BCUT2D eigenvalue weighted by Gasteiger charge is 2.06. The van der Waals surface area contributed by atoms with Gasteiger partial charge in [-0.3, -0.25) is 9.59 Å². The molecule has 2 N–H and O–H groups in total. The lowest BCUT2D eigenvalue weighted by molar-refractivity contribution is -0.118. The highest BCUT2D eigenvalue weighted by molar-refractivity contribution is 5.98. The third-order valence-corrected chi connectivity index (χ3v) is 3.09. The summed E-state index contributed by atoms with van der Waals surface area (Å²) in [4.78, 5) is 22.7. The normalized spacial score (nSPS) is 10.2. The number of rotatable bonds is 5. The van der Waals surface area contributed by atoms with Crippen LogP contribution in [0.1, 0.15) is 17.3 Å². The monoisotopic (exact) mass is 286 g/mol. The zero-order valence-electron chi connectivity index (χ0n) is 12.1. The summed E-state index contributed by atoms with van der Waals surface area (Å²) < 4.78 is 5.17. The molecule has 5 nitrogen and oxygen atoms in total. The first kappa shape index (κ1) is 14.8. The zero-order chi connectivity index (χ0) is 15.2. The first-order valence-electron chi connectivity index (χ1n) is 6.70. The van der Waals surface area contributed by atoms with E-state index in [2.05, 4.69) is 10.6 Å². The lowest BCUT2D eigenvalue weighted by Crippen LogP contribution is -2.33. The van der Waals surface area contributed by atoms with Gasteiger partial charge in [0.15, 0.2) is 0 Å². The third kappa shape index (κ3) is 3.95. The summed E-state index contributed by atoms with van der Waals surface area (Å²) in [6.45, 7) is 2.27. The Morgan fingerprint density at radius 1 is 1.00 bits per heavy atom. The second kappa shape index (κ2) is 6.74. The van der Waals surface area contributed by atoms with E-state index in [0.29, 0.717) is 18.7 Å². The molecule has 5 heteroatoms. The van der Waals surface area contributed by atoms with Crippen LogP contribution in [0.5, 0.6) is 5.75 Å². The number of benzene rings is 2. The molecule has 0 aliphatic heterocycles. The Labute approximate surface area is 123 Å². The molecule has 0 radical (unpaired) electrons. The number of ether oxygens (including phenoxy) is 1. The number of hydrogen-bond acceptors (Lipinski definition) is 3. The molecule has 0 bridgehead atoms. The van der Waals surface area contributed by atoms with Gasteiger partial charge in [0.25, 0.3) is 5.91 Å². The summed E-state index contributed by atoms with van der Waals surface area (Å²) in [5.41, 5.74) is 0.593. The van der Waals surface area contributed by atoms with E-state index in [4.69, 9.17) is 4.74 Å². The standard InChI is InChI=1S/C16H18N2O3/c1-11(19)17-7-8-18-16(20)14-4-3-13-10-15(21-2)6-5-12(13)9-14/h3-6,9-10H,7-8H2,1-2H3,(H,17,19)(H,18,20). The molecule has 0 aliphatic carbocycles. The van der Waals surface area contributed by atoms with Crippen LogP contribution in [0.15, 0.2) is 36.4 Å². The molecule has 110 valence electrons. The Hall–Kier alpha value is -2.56. The smallest absolute Gasteiger partial charge is 0.251 e. The molecular formula is C16H18N2O3. The van der Waals surface area contributed by atoms with Crippen LogP contribution in [0, 0.1) is 0 Å². The van der Waals surface area contributed by atoms with Gasteiger partial charge in [-0.25, -0.2) is 0 Å². The van der Waals surface area contributed by atoms with Crippen LogP contribution in [-0.2, 0) is 4.79 Å². The first-order chi connectivity index (χ1) is 10.1. The summed E-state index contributed by atoms with van der Waals surface area (Å²) in [6.07, 6.45) is 0. The molecule has 0 saturated carbocycles. The molecule has 2 aromatic rings. The average Bonchev–Trinajstić information content (AvgIpc) is 2.50. The summed E-state index contributed by atoms with van der Waals surface area (Å²) in [5.74, 6) is 0.525. The van der Waals surface area contributed by atoms with Crippen LogP contribution in [0.2, 0.25) is 0 Å². The maximum atomic E-state index is 12.0. The van der Waals surface area contributed by atoms with Crippen LogP contribution in [0.4, 0.5) is 0 Å². The average molecular weight is 286 g/mol. The van der Waals surface area contributed by atoms with Crippen molar-refractivity contribution in [2.24, 2.45) is 0 Å². The van der Waals surface area contributed by atoms with Gasteiger partial charge in [-0.2, -0.15) is 0 Å². The van der Waals surface area contributed by atoms with Gasteiger partial charge in [-0.05, 0) is 35.0 Å². The lowest BCUT2D eigenvalue weighted by Gasteiger charge is -2.07. The quantitative estimate of drug-likeness (QED) is 0.822. The van der Waals surface area contributed by atoms with Gasteiger partial charge in [-0.1, -0.05) is 12.1 Å². The summed E-state index contributed by atoms with van der Waals surface area (Å²) in [7, 11) is 1.62. The number of hydrogen-bond donors (Lipinski definition) is 2. The Kier molecular flexibility index (Phi) is 4.77. The Bertz CT molecular complexity index is 668. The highest BCUT2D eigenvalue weighted by atomic mass is 16.5. The van der Waals surface area contributed by atoms with E-state index in [1.54, 1.807) is 13.2 Å². The maximum Gasteiger partial charge on any atom is 0.251 e. The fourth-order valence-corrected chi connectivity index (χ4v) is 2.01. The van der Waals surface area contributed by atoms with Gasteiger partial charge in [-0.15, -0.1) is 0 Å². The van der Waals surface area contributed by atoms with E-state index in [1.165, 1.54) is 6.92 Å². The van der Waals surface area contributed by atoms with E-state index in [-0.39, 0.29) is 11.8 Å². The number of carbonyl (C=O) groups is 2. The molecule has 0 heterocycles. The molecule has 0 fully saturated rings. The minimum Gasteiger partial charge on any atom is -0.497 e. The molecule has 0 spiro atoms. The largest absolute Gasteiger partial charge is 0.497 e. The molecule has 0 unspecified atom stereocenters. The van der Waals surface area contributed by atoms with Crippen LogP contribution in [-0.4, -0.2) is 32.0 Å². The van der Waals surface area contributed by atoms with Crippen molar-refractivity contribution >= 4 is 22.6 Å². The van der Waals surface area contributed by atoms with Gasteiger partial charge in [0.05, 0.1) is 7.11 Å². The topological polar surface area (TPSA) is 67.4 Å². The number of nitrogens with one attached hydrogen (secondary N) is 2. The molecule has 21 heavy (non-hydrogen) atoms. The van der Waals surface area contributed by atoms with Gasteiger partial charge in [0, 0.05) is 25.6 Å². The van der Waals surface area contributed by atoms with Gasteiger partial charge < -0.3 is 15.4 Å². The van der Waals surface area contributed by atoms with Crippen molar-refractivity contribution in [3.63, 3.8) is 0 Å². The van der Waals surface area contributed by atoms with Crippen LogP contribution < -0.4 is 15.4 Å². The Morgan fingerprint density at radius 2 is 1.67 bits per heavy atom. The molecule has 2 rings (SSSR count). The highest BCUT2D eigenvalue weighted by Crippen LogP contribution is 2.21. The van der Waals surface area contributed by atoms with Crippen molar-refractivity contribution in [1.82, 2.24) is 10.6 Å². The third-order valence-electron chi connectivity index (χ3n) is 3.09. The van der Waals surface area contributed by atoms with E-state index in [9.17, 15) is 9.59 Å². The number of carbonyl (C=O) groups excluding carboxylic acids is 2. The predicted molar refractivity (Wildman–Crippen MR) is 81.5 cm³/mol. The van der Waals surface area contributed by atoms with Crippen molar-refractivity contribution in [2.75, 3.05) is 20.2 Å². The van der Waals surface area contributed by atoms with Gasteiger partial charge >= 0.3 is 0 Å². The lowest BCUT2D eigenvalue weighted by atomic mass is 10.1. The summed E-state index contributed by atoms with van der Waals surface area (Å²) >= 11 is 0. The number of amides is 2. The van der Waals surface area contributed by atoms with E-state index in [1.807, 2.05) is 30.3 Å². The van der Waals surface area contributed by atoms with Crippen molar-refractivity contribution in [1.29, 1.82) is 0 Å². The SMILES string of the molecule is COc1ccc2cc(C(=O)NCCNC(C)=O)ccc2c1. The van der Waals surface area contributed by atoms with Crippen molar-refractivity contribution in [3.05, 3.63) is 42.0 Å². The van der Waals surface area contributed by atoms with Crippen LogP contribution >= 0.6 is 0 Å². The summed E-state index contributed by atoms with van der Waals surface area (Å²) in [6, 6.07) is 11.2. The second-order valence-electron chi connectivity index (χ2n) is 4.67. The van der Waals surface area contributed by atoms with Crippen LogP contribution in [0.3, 0.4) is 0 Å². The first-order valence-corrected chi connectivity index (χ1v) is 6.70. The van der Waals surface area contributed by atoms with Gasteiger partial charge in [0.2, 0.25) is 5.91 Å². The van der Waals surface area contributed by atoms with E-state index in [0.717, 1.165) is 16.5 Å². The molecule has 0 aliphatic rings. The number of fused-ring (bicyclic) bond motifs is 1. The molecule has 0 aromatic heterocycles. The molecule has 0 atom stereocenters. The molecule has 2 aromatic carbocycles. The second-order valence-corrected chi connectivity index (χ2v) is 4.67. The van der Waals surface area contributed by atoms with Gasteiger partial charge in [0.1, 0.15) is 5.75 Å². The Morgan fingerprint density at radius 3 is 2.38 bits per heavy atom. The number of methoxy groups -OCH3 is 1. The minimum atomic E-state index is -0.155. The Balaban J connectivity index is 2.04. The maximum absolute atomic E-state index is 12.0. The molecule has 2 amide bonds. The zero-order valence-corrected chi connectivity index (χ0v) is 12.1. The van der Waals surface area contributed by atoms with E-state index >= 15 is 0 Å². The molecular weight excluding hydrogens is 268 g/mol. The minimum absolute atomic E-state index is 0.107.